The van der Waals surface area contributed by atoms with Gasteiger partial charge in [-0.25, -0.2) is 0 Å². The summed E-state index contributed by atoms with van der Waals surface area (Å²) < 4.78 is 0. The van der Waals surface area contributed by atoms with Gasteiger partial charge in [0.25, 0.3) is 0 Å². The summed E-state index contributed by atoms with van der Waals surface area (Å²) in [6.07, 6.45) is 8.06. The van der Waals surface area contributed by atoms with Crippen LogP contribution >= 0.6 is 0 Å². The molecule has 0 aliphatic carbocycles. The van der Waals surface area contributed by atoms with E-state index in [1.807, 2.05) is 0 Å². The van der Waals surface area contributed by atoms with Crippen LogP contribution in [0.4, 0.5) is 0 Å². The second kappa shape index (κ2) is 2.99. The molecule has 60 valence electrons. The van der Waals surface area contributed by atoms with Gasteiger partial charge in [-0.15, -0.1) is 0 Å². The molecule has 2 nitrogen and oxygen atoms in total. The Hall–Kier alpha value is -0.920. The highest BCUT2D eigenvalue weighted by molar-refractivity contribution is 5.18. The van der Waals surface area contributed by atoms with Crippen molar-refractivity contribution in [3.8, 4) is 0 Å². The first-order chi connectivity index (χ1) is 5.45. The Morgan fingerprint density at radius 3 is 1.91 bits per heavy atom. The summed E-state index contributed by atoms with van der Waals surface area (Å²) in [5.74, 6) is 0. The molecule has 0 spiro atoms. The maximum Gasteiger partial charge on any atom is 0.0265 e. The molecule has 2 N–H and O–H groups in total. The van der Waals surface area contributed by atoms with Gasteiger partial charge in [0.05, 0.1) is 0 Å². The Bertz CT molecular complexity index is 182. The van der Waals surface area contributed by atoms with Crippen LogP contribution in [-0.2, 0) is 0 Å². The van der Waals surface area contributed by atoms with Gasteiger partial charge in [0.15, 0.2) is 0 Å². The zero-order valence-electron chi connectivity index (χ0n) is 6.69. The molecule has 2 aliphatic rings. The predicted molar refractivity (Wildman–Crippen MR) is 46.0 cm³/mol. The highest BCUT2D eigenvalue weighted by Gasteiger charge is 2.08. The smallest absolute Gasteiger partial charge is 0.0265 e. The largest absolute Gasteiger partial charge is 0.388 e. The molecule has 0 aromatic heterocycles. The maximum atomic E-state index is 3.36. The maximum absolute atomic E-state index is 3.36. The minimum atomic E-state index is 1.08. The SMILES string of the molecule is C1=C(CC2=CCCN2)NCC1. The van der Waals surface area contributed by atoms with Crippen molar-refractivity contribution in [1.82, 2.24) is 10.6 Å². The van der Waals surface area contributed by atoms with Gasteiger partial charge in [0.1, 0.15) is 0 Å². The Balaban J connectivity index is 1.89. The van der Waals surface area contributed by atoms with E-state index in [0.717, 1.165) is 19.5 Å². The fraction of sp³-hybridized carbons (Fsp3) is 0.556. The lowest BCUT2D eigenvalue weighted by atomic mass is 10.2. The molecule has 0 fully saturated rings. The van der Waals surface area contributed by atoms with Crippen LogP contribution in [0.1, 0.15) is 19.3 Å². The van der Waals surface area contributed by atoms with E-state index in [2.05, 4.69) is 22.8 Å². The summed E-state index contributed by atoms with van der Waals surface area (Å²) >= 11 is 0. The lowest BCUT2D eigenvalue weighted by molar-refractivity contribution is 0.797. The van der Waals surface area contributed by atoms with E-state index in [-0.39, 0.29) is 0 Å². The molecule has 2 heterocycles. The second-order valence-corrected chi connectivity index (χ2v) is 3.07. The van der Waals surface area contributed by atoms with Crippen molar-refractivity contribution in [2.24, 2.45) is 0 Å². The molecule has 2 aliphatic heterocycles. The van der Waals surface area contributed by atoms with Crippen LogP contribution < -0.4 is 10.6 Å². The third-order valence-corrected chi connectivity index (χ3v) is 2.16. The van der Waals surface area contributed by atoms with E-state index in [9.17, 15) is 0 Å². The van der Waals surface area contributed by atoms with Gasteiger partial charge in [-0.05, 0) is 12.8 Å². The van der Waals surface area contributed by atoms with Gasteiger partial charge < -0.3 is 10.6 Å². The summed E-state index contributed by atoms with van der Waals surface area (Å²) in [6.45, 7) is 2.26. The van der Waals surface area contributed by atoms with Crippen molar-refractivity contribution in [3.63, 3.8) is 0 Å². The summed E-state index contributed by atoms with van der Waals surface area (Å²) in [6, 6.07) is 0. The van der Waals surface area contributed by atoms with Crippen LogP contribution in [0, 0.1) is 0 Å². The molecule has 0 saturated heterocycles. The van der Waals surface area contributed by atoms with E-state index in [0.29, 0.717) is 0 Å². The molecule has 0 saturated carbocycles. The molecule has 0 unspecified atom stereocenters. The molecule has 0 radical (unpaired) electrons. The number of hydrogen-bond acceptors (Lipinski definition) is 2. The third kappa shape index (κ3) is 1.56. The molecule has 2 rings (SSSR count). The summed E-state index contributed by atoms with van der Waals surface area (Å²) in [5.41, 5.74) is 2.79. The van der Waals surface area contributed by atoms with E-state index < -0.39 is 0 Å². The quantitative estimate of drug-likeness (QED) is 0.616. The van der Waals surface area contributed by atoms with Crippen LogP contribution in [0.2, 0.25) is 0 Å². The minimum Gasteiger partial charge on any atom is -0.388 e. The van der Waals surface area contributed by atoms with Crippen LogP contribution in [-0.4, -0.2) is 13.1 Å². The van der Waals surface area contributed by atoms with Crippen molar-refractivity contribution in [2.45, 2.75) is 19.3 Å². The Kier molecular flexibility index (Phi) is 1.84. The van der Waals surface area contributed by atoms with E-state index in [1.165, 1.54) is 24.2 Å². The predicted octanol–water partition coefficient (Wildman–Crippen LogP) is 1.13. The second-order valence-electron chi connectivity index (χ2n) is 3.07. The van der Waals surface area contributed by atoms with Crippen molar-refractivity contribution < 1.29 is 0 Å². The van der Waals surface area contributed by atoms with Gasteiger partial charge in [0, 0.05) is 30.9 Å². The molecule has 2 heteroatoms. The first-order valence-electron chi connectivity index (χ1n) is 4.31. The summed E-state index contributed by atoms with van der Waals surface area (Å²) in [4.78, 5) is 0. The monoisotopic (exact) mass is 150 g/mol. The van der Waals surface area contributed by atoms with Crippen LogP contribution in [0.15, 0.2) is 23.5 Å². The average Bonchev–Trinajstić information content (AvgIpc) is 2.60. The lowest BCUT2D eigenvalue weighted by Gasteiger charge is -2.05. The van der Waals surface area contributed by atoms with Gasteiger partial charge in [-0.1, -0.05) is 12.2 Å². The Morgan fingerprint density at radius 1 is 1.00 bits per heavy atom. The molecule has 11 heavy (non-hydrogen) atoms. The van der Waals surface area contributed by atoms with Crippen LogP contribution in [0.5, 0.6) is 0 Å². The molecule has 0 bridgehead atoms. The van der Waals surface area contributed by atoms with E-state index >= 15 is 0 Å². The topological polar surface area (TPSA) is 24.1 Å². The van der Waals surface area contributed by atoms with Gasteiger partial charge >= 0.3 is 0 Å². The van der Waals surface area contributed by atoms with Crippen LogP contribution in [0.25, 0.3) is 0 Å². The van der Waals surface area contributed by atoms with Crippen LogP contribution in [0.3, 0.4) is 0 Å². The average molecular weight is 150 g/mol. The fourth-order valence-electron chi connectivity index (χ4n) is 1.58. The summed E-state index contributed by atoms with van der Waals surface area (Å²) in [5, 5.41) is 6.73. The first kappa shape index (κ1) is 6.77. The molecule has 0 atom stereocenters. The third-order valence-electron chi connectivity index (χ3n) is 2.16. The van der Waals surface area contributed by atoms with Crippen molar-refractivity contribution in [1.29, 1.82) is 0 Å². The van der Waals surface area contributed by atoms with E-state index in [1.54, 1.807) is 0 Å². The zero-order chi connectivity index (χ0) is 7.52. The van der Waals surface area contributed by atoms with Gasteiger partial charge in [-0.3, -0.25) is 0 Å². The molecular formula is C9H14N2. The number of nitrogens with one attached hydrogen (secondary N) is 2. The standard InChI is InChI=1S/C9H14N2/c1-3-8(10-5-1)7-9-4-2-6-11-9/h3-4,10-11H,1-2,5-7H2. The minimum absolute atomic E-state index is 1.08. The van der Waals surface area contributed by atoms with E-state index in [4.69, 9.17) is 0 Å². The van der Waals surface area contributed by atoms with Crippen molar-refractivity contribution in [3.05, 3.63) is 23.5 Å². The highest BCUT2D eigenvalue weighted by Crippen LogP contribution is 2.13. The first-order valence-corrected chi connectivity index (χ1v) is 4.31. The fourth-order valence-corrected chi connectivity index (χ4v) is 1.58. The Labute approximate surface area is 67.4 Å². The zero-order valence-corrected chi connectivity index (χ0v) is 6.69. The summed E-state index contributed by atoms with van der Waals surface area (Å²) in [7, 11) is 0. The normalized spacial score (nSPS) is 22.2. The lowest BCUT2D eigenvalue weighted by Crippen LogP contribution is -2.13. The highest BCUT2D eigenvalue weighted by atomic mass is 14.9. The van der Waals surface area contributed by atoms with Gasteiger partial charge in [-0.2, -0.15) is 0 Å². The number of rotatable bonds is 2. The molecule has 0 amide bonds. The van der Waals surface area contributed by atoms with Crippen molar-refractivity contribution in [2.75, 3.05) is 13.1 Å². The molecule has 0 aromatic carbocycles. The van der Waals surface area contributed by atoms with Gasteiger partial charge in [0.2, 0.25) is 0 Å². The van der Waals surface area contributed by atoms with Crippen molar-refractivity contribution >= 4 is 0 Å². The molecular weight excluding hydrogens is 136 g/mol. The number of hydrogen-bond donors (Lipinski definition) is 2. The Morgan fingerprint density at radius 2 is 1.55 bits per heavy atom. The molecule has 0 aromatic rings.